The number of alkyl halides is 1. The van der Waals surface area contributed by atoms with Crippen LogP contribution in [0.1, 0.15) is 16.9 Å². The van der Waals surface area contributed by atoms with Crippen molar-refractivity contribution in [1.29, 1.82) is 0 Å². The van der Waals surface area contributed by atoms with Gasteiger partial charge in [-0.25, -0.2) is 0 Å². The molecule has 0 saturated carbocycles. The second-order valence-corrected chi connectivity index (χ2v) is 10.8. The molecule has 2 aliphatic rings. The average molecular weight is 563 g/mol. The molecule has 196 valence electrons. The summed E-state index contributed by atoms with van der Waals surface area (Å²) in [7, 11) is 0. The molecule has 10 heteroatoms. The number of nitrogens with one attached hydrogen (secondary N) is 1. The zero-order chi connectivity index (χ0) is 26.4. The maximum absolute atomic E-state index is 12.7. The SMILES string of the molecule is O=C(NCc1cc(/C=C/C2=CCC(Cl)C=C2)cs1)[C@H](O)[C@@H](O)C(=O)N1CCN(c2ccccc2Cl)CC1. The number of aliphatic hydroxyl groups excluding tert-OH is 2. The number of piperazine rings is 1. The van der Waals surface area contributed by atoms with Gasteiger partial charge in [0.2, 0.25) is 0 Å². The van der Waals surface area contributed by atoms with Gasteiger partial charge in [0, 0.05) is 31.1 Å². The monoisotopic (exact) mass is 561 g/mol. The normalized spacial score (nSPS) is 19.6. The Balaban J connectivity index is 1.23. The molecule has 1 aromatic heterocycles. The first-order valence-electron chi connectivity index (χ1n) is 12.0. The fraction of sp³-hybridized carbons (Fsp3) is 0.333. The second-order valence-electron chi connectivity index (χ2n) is 8.87. The van der Waals surface area contributed by atoms with Crippen molar-refractivity contribution in [2.45, 2.75) is 30.6 Å². The summed E-state index contributed by atoms with van der Waals surface area (Å²) in [6, 6.07) is 9.41. The highest BCUT2D eigenvalue weighted by Crippen LogP contribution is 2.26. The molecule has 4 rings (SSSR count). The van der Waals surface area contributed by atoms with Crippen LogP contribution in [-0.2, 0) is 16.1 Å². The number of para-hydroxylation sites is 1. The van der Waals surface area contributed by atoms with Gasteiger partial charge >= 0.3 is 0 Å². The maximum atomic E-state index is 12.7. The summed E-state index contributed by atoms with van der Waals surface area (Å²) < 4.78 is 0. The molecule has 2 aromatic rings. The Labute approximate surface area is 230 Å². The van der Waals surface area contributed by atoms with E-state index in [0.29, 0.717) is 31.2 Å². The minimum absolute atomic E-state index is 0.0437. The summed E-state index contributed by atoms with van der Waals surface area (Å²) in [6.45, 7) is 1.93. The Morgan fingerprint density at radius 1 is 1.14 bits per heavy atom. The van der Waals surface area contributed by atoms with Crippen LogP contribution in [0.5, 0.6) is 0 Å². The van der Waals surface area contributed by atoms with Gasteiger partial charge in [0.15, 0.2) is 12.2 Å². The number of thiophene rings is 1. The summed E-state index contributed by atoms with van der Waals surface area (Å²) in [4.78, 5) is 29.6. The van der Waals surface area contributed by atoms with Crippen molar-refractivity contribution in [2.24, 2.45) is 0 Å². The lowest BCUT2D eigenvalue weighted by atomic mass is 10.1. The number of halogens is 2. The third kappa shape index (κ3) is 7.24. The van der Waals surface area contributed by atoms with Gasteiger partial charge in [0.25, 0.3) is 11.8 Å². The van der Waals surface area contributed by atoms with Gasteiger partial charge in [-0.05, 0) is 41.1 Å². The molecule has 2 amide bonds. The number of nitrogens with zero attached hydrogens (tertiary/aromatic N) is 2. The van der Waals surface area contributed by atoms with Gasteiger partial charge in [-0.2, -0.15) is 0 Å². The lowest BCUT2D eigenvalue weighted by Crippen LogP contribution is -2.55. The standard InChI is InChI=1S/C27H29Cl2N3O4S/c28-20-9-7-18(8-10-20)5-6-19-15-21(37-17-19)16-30-26(35)24(33)25(34)27(36)32-13-11-31(12-14-32)23-4-2-1-3-22(23)29/h1-9,15,17,20,24-25,33-34H,10-14,16H2,(H,30,35)/b6-5+/t20?,24-,25-/m1/s1. The molecule has 0 bridgehead atoms. The number of aliphatic hydroxyl groups is 2. The van der Waals surface area contributed by atoms with E-state index in [2.05, 4.69) is 16.3 Å². The molecule has 1 aliphatic carbocycles. The number of anilines is 1. The highest BCUT2D eigenvalue weighted by atomic mass is 35.5. The van der Waals surface area contributed by atoms with E-state index >= 15 is 0 Å². The Morgan fingerprint density at radius 3 is 2.59 bits per heavy atom. The average Bonchev–Trinajstić information content (AvgIpc) is 3.38. The molecule has 3 atom stereocenters. The Morgan fingerprint density at radius 2 is 1.89 bits per heavy atom. The molecule has 3 N–H and O–H groups in total. The summed E-state index contributed by atoms with van der Waals surface area (Å²) in [5, 5.41) is 25.9. The fourth-order valence-electron chi connectivity index (χ4n) is 4.12. The largest absolute Gasteiger partial charge is 0.380 e. The first kappa shape index (κ1) is 27.4. The van der Waals surface area contributed by atoms with Crippen LogP contribution in [0.15, 0.2) is 65.6 Å². The molecular formula is C27H29Cl2N3O4S. The van der Waals surface area contributed by atoms with Crippen molar-refractivity contribution in [3.05, 3.63) is 81.1 Å². The van der Waals surface area contributed by atoms with E-state index in [1.165, 1.54) is 16.2 Å². The van der Waals surface area contributed by atoms with Crippen LogP contribution < -0.4 is 10.2 Å². The number of carbonyl (C=O) groups is 2. The predicted octanol–water partition coefficient (Wildman–Crippen LogP) is 3.60. The summed E-state index contributed by atoms with van der Waals surface area (Å²) in [5.74, 6) is -1.47. The molecule has 1 unspecified atom stereocenters. The number of allylic oxidation sites excluding steroid dienone is 5. The molecule has 0 spiro atoms. The van der Waals surface area contributed by atoms with E-state index < -0.39 is 24.0 Å². The zero-order valence-corrected chi connectivity index (χ0v) is 22.4. The molecule has 1 saturated heterocycles. The van der Waals surface area contributed by atoms with E-state index in [9.17, 15) is 19.8 Å². The van der Waals surface area contributed by atoms with Gasteiger partial charge < -0.3 is 25.3 Å². The first-order chi connectivity index (χ1) is 17.8. The lowest BCUT2D eigenvalue weighted by Gasteiger charge is -2.37. The summed E-state index contributed by atoms with van der Waals surface area (Å²) in [6.07, 6.45) is 7.11. The van der Waals surface area contributed by atoms with Crippen molar-refractivity contribution >= 4 is 58.1 Å². The van der Waals surface area contributed by atoms with Crippen molar-refractivity contribution in [3.8, 4) is 0 Å². The molecule has 1 fully saturated rings. The Hall–Kier alpha value is -2.62. The smallest absolute Gasteiger partial charge is 0.254 e. The van der Waals surface area contributed by atoms with E-state index in [-0.39, 0.29) is 11.9 Å². The summed E-state index contributed by atoms with van der Waals surface area (Å²) in [5.41, 5.74) is 2.96. The van der Waals surface area contributed by atoms with E-state index in [1.54, 1.807) is 0 Å². The Kier molecular flexibility index (Phi) is 9.45. The lowest BCUT2D eigenvalue weighted by molar-refractivity contribution is -0.153. The number of hydrogen-bond acceptors (Lipinski definition) is 6. The molecule has 2 heterocycles. The van der Waals surface area contributed by atoms with E-state index in [1.807, 2.05) is 60.0 Å². The number of hydrogen-bond donors (Lipinski definition) is 3. The molecular weight excluding hydrogens is 533 g/mol. The minimum Gasteiger partial charge on any atom is -0.380 e. The molecule has 1 aromatic carbocycles. The van der Waals surface area contributed by atoms with E-state index in [0.717, 1.165) is 28.1 Å². The van der Waals surface area contributed by atoms with Crippen LogP contribution in [0.4, 0.5) is 5.69 Å². The van der Waals surface area contributed by atoms with Gasteiger partial charge in [-0.15, -0.1) is 22.9 Å². The third-order valence-corrected chi connectivity index (χ3v) is 7.86. The zero-order valence-electron chi connectivity index (χ0n) is 20.1. The quantitative estimate of drug-likeness (QED) is 0.428. The van der Waals surface area contributed by atoms with Crippen LogP contribution in [0, 0.1) is 0 Å². The third-order valence-electron chi connectivity index (χ3n) is 6.26. The van der Waals surface area contributed by atoms with Crippen LogP contribution in [0.2, 0.25) is 5.02 Å². The van der Waals surface area contributed by atoms with Crippen molar-refractivity contribution in [1.82, 2.24) is 10.2 Å². The second kappa shape index (κ2) is 12.8. The topological polar surface area (TPSA) is 93.1 Å². The molecule has 7 nitrogen and oxygen atoms in total. The van der Waals surface area contributed by atoms with Gasteiger partial charge in [0.05, 0.1) is 22.6 Å². The van der Waals surface area contributed by atoms with Crippen LogP contribution in [0.3, 0.4) is 0 Å². The maximum Gasteiger partial charge on any atom is 0.254 e. The summed E-state index contributed by atoms with van der Waals surface area (Å²) >= 11 is 13.8. The van der Waals surface area contributed by atoms with Crippen LogP contribution >= 0.6 is 34.5 Å². The minimum atomic E-state index is -1.86. The van der Waals surface area contributed by atoms with Crippen molar-refractivity contribution in [2.75, 3.05) is 31.1 Å². The predicted molar refractivity (Wildman–Crippen MR) is 149 cm³/mol. The Bertz CT molecular complexity index is 1200. The fourth-order valence-corrected chi connectivity index (χ4v) is 5.34. The number of carbonyl (C=O) groups excluding carboxylic acids is 2. The molecule has 1 aliphatic heterocycles. The highest BCUT2D eigenvalue weighted by molar-refractivity contribution is 7.10. The number of amides is 2. The highest BCUT2D eigenvalue weighted by Gasteiger charge is 2.34. The van der Waals surface area contributed by atoms with Crippen LogP contribution in [0.25, 0.3) is 6.08 Å². The first-order valence-corrected chi connectivity index (χ1v) is 13.7. The number of rotatable bonds is 8. The molecule has 37 heavy (non-hydrogen) atoms. The van der Waals surface area contributed by atoms with Crippen molar-refractivity contribution in [3.63, 3.8) is 0 Å². The van der Waals surface area contributed by atoms with Gasteiger partial charge in [0.1, 0.15) is 0 Å². The van der Waals surface area contributed by atoms with E-state index in [4.69, 9.17) is 23.2 Å². The van der Waals surface area contributed by atoms with Crippen LogP contribution in [-0.4, -0.2) is 70.7 Å². The molecule has 0 radical (unpaired) electrons. The van der Waals surface area contributed by atoms with Gasteiger partial charge in [-0.1, -0.05) is 54.1 Å². The van der Waals surface area contributed by atoms with Gasteiger partial charge in [-0.3, -0.25) is 9.59 Å². The number of benzene rings is 1. The van der Waals surface area contributed by atoms with Crippen molar-refractivity contribution < 1.29 is 19.8 Å².